The Hall–Kier alpha value is -1.57. The lowest BCUT2D eigenvalue weighted by atomic mass is 9.96. The number of morpholine rings is 1. The second-order valence-electron chi connectivity index (χ2n) is 7.07. The van der Waals surface area contributed by atoms with E-state index in [2.05, 4.69) is 20.9 Å². The molecule has 0 bridgehead atoms. The molecule has 1 N–H and O–H groups in total. The Balaban J connectivity index is 0.000000221. The summed E-state index contributed by atoms with van der Waals surface area (Å²) in [4.78, 5) is 11.1. The Morgan fingerprint density at radius 3 is 2.43 bits per heavy atom. The average Bonchev–Trinajstić information content (AvgIpc) is 2.69. The molecule has 0 spiro atoms. The van der Waals surface area contributed by atoms with Crippen LogP contribution in [-0.4, -0.2) is 69.3 Å². The maximum atomic E-state index is 10.4. The Bertz CT molecular complexity index is 706. The van der Waals surface area contributed by atoms with Crippen LogP contribution in [0.2, 0.25) is 0 Å². The van der Waals surface area contributed by atoms with Gasteiger partial charge in [-0.25, -0.2) is 9.98 Å². The summed E-state index contributed by atoms with van der Waals surface area (Å²) in [5.74, 6) is -0.312. The molecule has 1 saturated heterocycles. The van der Waals surface area contributed by atoms with Crippen LogP contribution < -0.4 is 0 Å². The number of ether oxygens (including phenoxy) is 1. The normalized spacial score (nSPS) is 18.5. The fraction of sp³-hybridized carbons (Fsp3) is 0.650. The second-order valence-corrected chi connectivity index (χ2v) is 8.52. The predicted octanol–water partition coefficient (Wildman–Crippen LogP) is 2.90. The van der Waals surface area contributed by atoms with E-state index in [1.54, 1.807) is 30.3 Å². The van der Waals surface area contributed by atoms with Crippen molar-refractivity contribution in [2.24, 2.45) is 9.98 Å². The molecule has 3 rings (SSSR count). The highest BCUT2D eigenvalue weighted by atomic mass is 32.2. The lowest BCUT2D eigenvalue weighted by Gasteiger charge is -2.25. The van der Waals surface area contributed by atoms with Gasteiger partial charge in [-0.3, -0.25) is 9.45 Å². The van der Waals surface area contributed by atoms with E-state index >= 15 is 0 Å². The molecule has 1 aromatic carbocycles. The molecule has 2 fully saturated rings. The molecule has 0 unspecified atom stereocenters. The van der Waals surface area contributed by atoms with Crippen LogP contribution in [-0.2, 0) is 20.6 Å². The second kappa shape index (κ2) is 12.8. The van der Waals surface area contributed by atoms with Crippen LogP contribution >= 0.6 is 0 Å². The minimum Gasteiger partial charge on any atom is -0.379 e. The van der Waals surface area contributed by atoms with Crippen LogP contribution in [0.5, 0.6) is 0 Å². The van der Waals surface area contributed by atoms with Crippen molar-refractivity contribution < 1.29 is 17.7 Å². The van der Waals surface area contributed by atoms with E-state index in [1.165, 1.54) is 32.1 Å². The molecule has 8 heteroatoms. The molecule has 156 valence electrons. The molecule has 1 heterocycles. The van der Waals surface area contributed by atoms with Crippen molar-refractivity contribution in [1.29, 1.82) is 0 Å². The third kappa shape index (κ3) is 10.7. The predicted molar refractivity (Wildman–Crippen MR) is 111 cm³/mol. The van der Waals surface area contributed by atoms with Gasteiger partial charge < -0.3 is 4.74 Å². The van der Waals surface area contributed by atoms with Gasteiger partial charge in [-0.1, -0.05) is 49.6 Å². The van der Waals surface area contributed by atoms with E-state index in [0.29, 0.717) is 11.6 Å². The highest BCUT2D eigenvalue weighted by molar-refractivity contribution is 7.85. The minimum absolute atomic E-state index is 0.312. The summed E-state index contributed by atoms with van der Waals surface area (Å²) in [5, 5.41) is 0. The van der Waals surface area contributed by atoms with Crippen LogP contribution in [0, 0.1) is 0 Å². The van der Waals surface area contributed by atoms with Gasteiger partial charge in [-0.2, -0.15) is 8.42 Å². The SMILES string of the molecule is C(=NCCN1CCOCC1)=NC1CCCCC1.O=S(=O)(O)Cc1ccccc1. The highest BCUT2D eigenvalue weighted by Crippen LogP contribution is 2.19. The van der Waals surface area contributed by atoms with Crippen molar-refractivity contribution in [3.63, 3.8) is 0 Å². The zero-order chi connectivity index (χ0) is 20.1. The fourth-order valence-electron chi connectivity index (χ4n) is 3.18. The van der Waals surface area contributed by atoms with Gasteiger partial charge in [0.15, 0.2) is 0 Å². The summed E-state index contributed by atoms with van der Waals surface area (Å²) < 4.78 is 34.5. The maximum Gasteiger partial charge on any atom is 0.269 e. The van der Waals surface area contributed by atoms with Gasteiger partial charge >= 0.3 is 0 Å². The van der Waals surface area contributed by atoms with E-state index in [9.17, 15) is 8.42 Å². The summed E-state index contributed by atoms with van der Waals surface area (Å²) in [6, 6.07) is 11.9. The molecular formula is C20H31N3O4S. The first-order chi connectivity index (χ1) is 13.5. The Labute approximate surface area is 168 Å². The molecule has 1 aliphatic carbocycles. The number of hydrogen-bond acceptors (Lipinski definition) is 6. The summed E-state index contributed by atoms with van der Waals surface area (Å²) in [5.41, 5.74) is 0.593. The summed E-state index contributed by atoms with van der Waals surface area (Å²) in [7, 11) is -3.88. The Morgan fingerprint density at radius 1 is 1.11 bits per heavy atom. The molecule has 28 heavy (non-hydrogen) atoms. The maximum absolute atomic E-state index is 10.4. The Morgan fingerprint density at radius 2 is 1.79 bits per heavy atom. The van der Waals surface area contributed by atoms with Gasteiger partial charge in [0.1, 0.15) is 5.75 Å². The molecule has 1 saturated carbocycles. The first-order valence-corrected chi connectivity index (χ1v) is 11.5. The zero-order valence-electron chi connectivity index (χ0n) is 16.4. The van der Waals surface area contributed by atoms with Gasteiger partial charge in [0.05, 0.1) is 31.8 Å². The standard InChI is InChI=1S/C13H23N3O.C7H8O3S/c1-2-4-13(5-3-1)15-12-14-6-7-16-8-10-17-11-9-16;8-11(9,10)6-7-4-2-1-3-5-7/h13H,1-11H2;1-5H,6H2,(H,8,9,10). The van der Waals surface area contributed by atoms with E-state index in [4.69, 9.17) is 9.29 Å². The summed E-state index contributed by atoms with van der Waals surface area (Å²) >= 11 is 0. The minimum atomic E-state index is -3.88. The monoisotopic (exact) mass is 409 g/mol. The molecule has 0 atom stereocenters. The molecule has 0 amide bonds. The van der Waals surface area contributed by atoms with Gasteiger partial charge in [0.25, 0.3) is 10.1 Å². The van der Waals surface area contributed by atoms with Crippen LogP contribution in [0.4, 0.5) is 0 Å². The lowest BCUT2D eigenvalue weighted by Crippen LogP contribution is -2.37. The Kier molecular flexibility index (Phi) is 10.4. The number of benzene rings is 1. The smallest absolute Gasteiger partial charge is 0.269 e. The number of rotatable bonds is 6. The van der Waals surface area contributed by atoms with Gasteiger partial charge in [0.2, 0.25) is 0 Å². The van der Waals surface area contributed by atoms with Crippen molar-refractivity contribution in [1.82, 2.24) is 4.90 Å². The van der Waals surface area contributed by atoms with Crippen molar-refractivity contribution in [2.75, 3.05) is 39.4 Å². The fourth-order valence-corrected chi connectivity index (χ4v) is 3.80. The van der Waals surface area contributed by atoms with Crippen LogP contribution in [0.3, 0.4) is 0 Å². The summed E-state index contributed by atoms with van der Waals surface area (Å²) in [6.07, 6.45) is 6.48. The van der Waals surface area contributed by atoms with Gasteiger partial charge in [-0.15, -0.1) is 0 Å². The van der Waals surface area contributed by atoms with Gasteiger partial charge in [0, 0.05) is 19.6 Å². The lowest BCUT2D eigenvalue weighted by molar-refractivity contribution is 0.0395. The van der Waals surface area contributed by atoms with Crippen molar-refractivity contribution in [2.45, 2.75) is 43.9 Å². The molecular weight excluding hydrogens is 378 g/mol. The third-order valence-corrected chi connectivity index (χ3v) is 5.41. The molecule has 0 radical (unpaired) electrons. The topological polar surface area (TPSA) is 91.6 Å². The first kappa shape index (κ1) is 22.7. The van der Waals surface area contributed by atoms with E-state index in [0.717, 1.165) is 39.4 Å². The van der Waals surface area contributed by atoms with Crippen molar-refractivity contribution in [3.8, 4) is 0 Å². The molecule has 1 aromatic rings. The van der Waals surface area contributed by atoms with Crippen molar-refractivity contribution in [3.05, 3.63) is 35.9 Å². The van der Waals surface area contributed by atoms with Crippen LogP contribution in [0.15, 0.2) is 40.3 Å². The third-order valence-electron chi connectivity index (χ3n) is 4.71. The molecule has 1 aliphatic heterocycles. The average molecular weight is 410 g/mol. The van der Waals surface area contributed by atoms with Crippen LogP contribution in [0.1, 0.15) is 37.7 Å². The van der Waals surface area contributed by atoms with E-state index < -0.39 is 10.1 Å². The van der Waals surface area contributed by atoms with E-state index in [-0.39, 0.29) is 5.75 Å². The number of nitrogens with zero attached hydrogens (tertiary/aromatic N) is 3. The number of hydrogen-bond donors (Lipinski definition) is 1. The zero-order valence-corrected chi connectivity index (χ0v) is 17.2. The number of aliphatic imine (C=N–C) groups is 2. The van der Waals surface area contributed by atoms with Crippen molar-refractivity contribution >= 4 is 16.1 Å². The molecule has 2 aliphatic rings. The molecule has 0 aromatic heterocycles. The van der Waals surface area contributed by atoms with Crippen LogP contribution in [0.25, 0.3) is 0 Å². The quantitative estimate of drug-likeness (QED) is 0.576. The summed E-state index contributed by atoms with van der Waals surface area (Å²) in [6.45, 7) is 5.62. The highest BCUT2D eigenvalue weighted by Gasteiger charge is 2.11. The molecule has 7 nitrogen and oxygen atoms in total. The van der Waals surface area contributed by atoms with E-state index in [1.807, 2.05) is 0 Å². The first-order valence-electron chi connectivity index (χ1n) is 9.93. The van der Waals surface area contributed by atoms with Gasteiger partial charge in [-0.05, 0) is 18.4 Å². The largest absolute Gasteiger partial charge is 0.379 e.